The molecule has 4 rings (SSSR count). The van der Waals surface area contributed by atoms with Crippen LogP contribution in [0, 0.1) is 5.92 Å². The summed E-state index contributed by atoms with van der Waals surface area (Å²) in [7, 11) is 0. The van der Waals surface area contributed by atoms with Gasteiger partial charge in [0.15, 0.2) is 0 Å². The van der Waals surface area contributed by atoms with Crippen molar-refractivity contribution < 1.29 is 9.59 Å². The topological polar surface area (TPSA) is 61.4 Å². The first-order valence-electron chi connectivity index (χ1n) is 8.58. The molecule has 2 saturated heterocycles. The van der Waals surface area contributed by atoms with Gasteiger partial charge in [-0.25, -0.2) is 0 Å². The molecule has 23 heavy (non-hydrogen) atoms. The van der Waals surface area contributed by atoms with E-state index in [0.717, 1.165) is 38.5 Å². The molecule has 2 N–H and O–H groups in total. The molecular weight excluding hydrogens is 290 g/mol. The summed E-state index contributed by atoms with van der Waals surface area (Å²) in [6.07, 6.45) is 3.48. The van der Waals surface area contributed by atoms with Crippen molar-refractivity contribution in [1.82, 2.24) is 15.5 Å². The molecule has 3 aliphatic heterocycles. The van der Waals surface area contributed by atoms with Gasteiger partial charge in [0, 0.05) is 19.5 Å². The monoisotopic (exact) mass is 313 g/mol. The molecule has 3 aliphatic rings. The zero-order valence-electron chi connectivity index (χ0n) is 13.3. The quantitative estimate of drug-likeness (QED) is 0.813. The van der Waals surface area contributed by atoms with Crippen molar-refractivity contribution in [2.24, 2.45) is 5.92 Å². The molecule has 5 heteroatoms. The third-order valence-corrected chi connectivity index (χ3v) is 5.38. The van der Waals surface area contributed by atoms with Crippen LogP contribution in [0.25, 0.3) is 0 Å². The lowest BCUT2D eigenvalue weighted by molar-refractivity contribution is -0.137. The Bertz CT molecular complexity index is 639. The molecule has 2 amide bonds. The highest BCUT2D eigenvalue weighted by molar-refractivity contribution is 6.00. The van der Waals surface area contributed by atoms with Crippen molar-refractivity contribution in [2.75, 3.05) is 13.1 Å². The van der Waals surface area contributed by atoms with Gasteiger partial charge in [-0.2, -0.15) is 0 Å². The van der Waals surface area contributed by atoms with E-state index in [1.165, 1.54) is 23.1 Å². The van der Waals surface area contributed by atoms with Crippen molar-refractivity contribution in [3.05, 3.63) is 34.9 Å². The number of piperidine rings is 1. The number of rotatable bonds is 4. The van der Waals surface area contributed by atoms with Crippen LogP contribution in [0.5, 0.6) is 0 Å². The first kappa shape index (κ1) is 14.8. The maximum Gasteiger partial charge on any atom is 0.243 e. The van der Waals surface area contributed by atoms with Crippen molar-refractivity contribution >= 4 is 11.8 Å². The number of imide groups is 1. The lowest BCUT2D eigenvalue weighted by atomic mass is 9.94. The zero-order chi connectivity index (χ0) is 15.8. The molecule has 2 fully saturated rings. The Kier molecular flexibility index (Phi) is 3.91. The van der Waals surface area contributed by atoms with Crippen LogP contribution in [0.15, 0.2) is 18.2 Å². The van der Waals surface area contributed by atoms with E-state index in [2.05, 4.69) is 33.7 Å². The van der Waals surface area contributed by atoms with Gasteiger partial charge >= 0.3 is 0 Å². The fraction of sp³-hybridized carbons (Fsp3) is 0.556. The molecule has 0 aliphatic carbocycles. The second-order valence-electron chi connectivity index (χ2n) is 7.04. The van der Waals surface area contributed by atoms with Gasteiger partial charge in [0.25, 0.3) is 0 Å². The smallest absolute Gasteiger partial charge is 0.243 e. The molecular formula is C18H23N3O2. The van der Waals surface area contributed by atoms with Gasteiger partial charge in [0.05, 0.1) is 6.04 Å². The Morgan fingerprint density at radius 3 is 2.70 bits per heavy atom. The number of hydrogen-bond acceptors (Lipinski definition) is 4. The van der Waals surface area contributed by atoms with E-state index in [1.54, 1.807) is 0 Å². The van der Waals surface area contributed by atoms with E-state index in [-0.39, 0.29) is 17.9 Å². The second kappa shape index (κ2) is 6.06. The fourth-order valence-electron chi connectivity index (χ4n) is 3.80. The van der Waals surface area contributed by atoms with Crippen LogP contribution in [0.3, 0.4) is 0 Å². The van der Waals surface area contributed by atoms with E-state index >= 15 is 0 Å². The minimum absolute atomic E-state index is 0.133. The number of carbonyl (C=O) groups is 2. The summed E-state index contributed by atoms with van der Waals surface area (Å²) < 4.78 is 0. The minimum atomic E-state index is -0.162. The normalized spacial score (nSPS) is 25.1. The SMILES string of the molecule is O=C1CCC(N2Cc3ccc(CCC4CNC4)cc3C2)C(=O)N1. The fourth-order valence-corrected chi connectivity index (χ4v) is 3.80. The lowest BCUT2D eigenvalue weighted by Crippen LogP contribution is -2.50. The van der Waals surface area contributed by atoms with Crippen LogP contribution in [0.2, 0.25) is 0 Å². The third-order valence-electron chi connectivity index (χ3n) is 5.38. The zero-order valence-corrected chi connectivity index (χ0v) is 13.3. The van der Waals surface area contributed by atoms with Gasteiger partial charge in [-0.15, -0.1) is 0 Å². The Hall–Kier alpha value is -1.72. The van der Waals surface area contributed by atoms with E-state index in [9.17, 15) is 9.59 Å². The van der Waals surface area contributed by atoms with Gasteiger partial charge in [0.1, 0.15) is 0 Å². The van der Waals surface area contributed by atoms with E-state index in [1.807, 2.05) is 0 Å². The molecule has 0 aromatic heterocycles. The maximum atomic E-state index is 12.0. The molecule has 0 bridgehead atoms. The predicted molar refractivity (Wildman–Crippen MR) is 86.5 cm³/mol. The summed E-state index contributed by atoms with van der Waals surface area (Å²) in [5.74, 6) is 0.561. The lowest BCUT2D eigenvalue weighted by Gasteiger charge is -2.29. The predicted octanol–water partition coefficient (Wildman–Crippen LogP) is 0.959. The van der Waals surface area contributed by atoms with Crippen LogP contribution >= 0.6 is 0 Å². The van der Waals surface area contributed by atoms with Crippen molar-refractivity contribution in [3.63, 3.8) is 0 Å². The molecule has 3 heterocycles. The van der Waals surface area contributed by atoms with Gasteiger partial charge < -0.3 is 5.32 Å². The molecule has 1 unspecified atom stereocenters. The average Bonchev–Trinajstić information content (AvgIpc) is 2.88. The molecule has 0 radical (unpaired) electrons. The van der Waals surface area contributed by atoms with Crippen LogP contribution in [-0.4, -0.2) is 35.8 Å². The molecule has 5 nitrogen and oxygen atoms in total. The number of fused-ring (bicyclic) bond motifs is 1. The number of nitrogens with zero attached hydrogens (tertiary/aromatic N) is 1. The number of benzene rings is 1. The Balaban J connectivity index is 1.40. The summed E-state index contributed by atoms with van der Waals surface area (Å²) in [5.41, 5.74) is 4.07. The average molecular weight is 313 g/mol. The second-order valence-corrected chi connectivity index (χ2v) is 7.04. The largest absolute Gasteiger partial charge is 0.316 e. The number of amides is 2. The number of hydrogen-bond donors (Lipinski definition) is 2. The summed E-state index contributed by atoms with van der Waals surface area (Å²) >= 11 is 0. The van der Waals surface area contributed by atoms with E-state index in [4.69, 9.17) is 0 Å². The van der Waals surface area contributed by atoms with Crippen LogP contribution in [-0.2, 0) is 29.1 Å². The van der Waals surface area contributed by atoms with Crippen LogP contribution in [0.4, 0.5) is 0 Å². The maximum absolute atomic E-state index is 12.0. The van der Waals surface area contributed by atoms with Crippen molar-refractivity contribution in [1.29, 1.82) is 0 Å². The Morgan fingerprint density at radius 2 is 1.96 bits per heavy atom. The third kappa shape index (κ3) is 3.03. The summed E-state index contributed by atoms with van der Waals surface area (Å²) in [5, 5.41) is 5.78. The van der Waals surface area contributed by atoms with Crippen molar-refractivity contribution in [3.8, 4) is 0 Å². The Labute approximate surface area is 136 Å². The van der Waals surface area contributed by atoms with Crippen molar-refractivity contribution in [2.45, 2.75) is 44.8 Å². The molecule has 122 valence electrons. The number of aryl methyl sites for hydroxylation is 1. The van der Waals surface area contributed by atoms with Gasteiger partial charge in [-0.05, 0) is 55.0 Å². The van der Waals surface area contributed by atoms with Crippen LogP contribution in [0.1, 0.15) is 36.0 Å². The molecule has 1 atom stereocenters. The number of nitrogens with one attached hydrogen (secondary N) is 2. The summed E-state index contributed by atoms with van der Waals surface area (Å²) in [6, 6.07) is 6.60. The molecule has 1 aromatic carbocycles. The van der Waals surface area contributed by atoms with Gasteiger partial charge in [0.2, 0.25) is 11.8 Å². The summed E-state index contributed by atoms with van der Waals surface area (Å²) in [4.78, 5) is 25.5. The highest BCUT2D eigenvalue weighted by Gasteiger charge is 2.34. The Morgan fingerprint density at radius 1 is 1.13 bits per heavy atom. The molecule has 0 spiro atoms. The molecule has 1 aromatic rings. The first-order chi connectivity index (χ1) is 11.2. The standard InChI is InChI=1S/C18H23N3O2/c22-17-6-5-16(18(23)20-17)21-10-14-4-3-12(7-15(14)11-21)1-2-13-8-19-9-13/h3-4,7,13,16,19H,1-2,5-6,8-11H2,(H,20,22,23). The number of carbonyl (C=O) groups excluding carboxylic acids is 2. The van der Waals surface area contributed by atoms with Gasteiger partial charge in [-0.3, -0.25) is 19.8 Å². The first-order valence-corrected chi connectivity index (χ1v) is 8.58. The molecule has 0 saturated carbocycles. The summed E-state index contributed by atoms with van der Waals surface area (Å²) in [6.45, 7) is 3.96. The highest BCUT2D eigenvalue weighted by Crippen LogP contribution is 2.28. The van der Waals surface area contributed by atoms with Gasteiger partial charge in [-0.1, -0.05) is 18.2 Å². The highest BCUT2D eigenvalue weighted by atomic mass is 16.2. The van der Waals surface area contributed by atoms with E-state index in [0.29, 0.717) is 12.8 Å². The minimum Gasteiger partial charge on any atom is -0.316 e. The van der Waals surface area contributed by atoms with E-state index < -0.39 is 0 Å². The van der Waals surface area contributed by atoms with Crippen LogP contribution < -0.4 is 10.6 Å².